The fourth-order valence-corrected chi connectivity index (χ4v) is 0.353. The number of nitrogens with two attached hydrogens (primary N) is 2. The molecule has 0 saturated heterocycles. The zero-order chi connectivity index (χ0) is 6.57. The first kappa shape index (κ1) is 7.23. The first-order chi connectivity index (χ1) is 3.72. The van der Waals surface area contributed by atoms with Crippen molar-refractivity contribution in [1.29, 1.82) is 0 Å². The molecule has 5 N–H and O–H groups in total. The molecule has 48 valence electrons. The summed E-state index contributed by atoms with van der Waals surface area (Å²) in [7, 11) is 0. The number of rotatable bonds is 1. The van der Waals surface area contributed by atoms with Crippen molar-refractivity contribution in [2.45, 2.75) is 13.8 Å². The molecule has 0 aromatic rings. The zero-order valence-electron chi connectivity index (χ0n) is 5.18. The van der Waals surface area contributed by atoms with E-state index in [0.717, 1.165) is 0 Å². The molecule has 0 heterocycles. The summed E-state index contributed by atoms with van der Waals surface area (Å²) in [5, 5.41) is 3.39. The van der Waals surface area contributed by atoms with E-state index in [2.05, 4.69) is 10.5 Å². The normalized spacial score (nSPS) is 12.2. The van der Waals surface area contributed by atoms with Gasteiger partial charge in [-0.3, -0.25) is 0 Å². The molecule has 0 rings (SSSR count). The Hall–Kier alpha value is -0.770. The van der Waals surface area contributed by atoms with Crippen molar-refractivity contribution >= 4 is 5.84 Å². The Morgan fingerprint density at radius 3 is 2.12 bits per heavy atom. The fraction of sp³-hybridized carbons (Fsp3) is 0.750. The van der Waals surface area contributed by atoms with Crippen LogP contribution in [0.5, 0.6) is 0 Å². The summed E-state index contributed by atoms with van der Waals surface area (Å²) in [6.45, 7) is 3.90. The van der Waals surface area contributed by atoms with Crippen molar-refractivity contribution in [2.75, 3.05) is 0 Å². The van der Waals surface area contributed by atoms with Crippen LogP contribution in [0.2, 0.25) is 0 Å². The van der Waals surface area contributed by atoms with Gasteiger partial charge in [0.2, 0.25) is 0 Å². The molecule has 0 aliphatic carbocycles. The van der Waals surface area contributed by atoms with Crippen LogP contribution in [0.4, 0.5) is 0 Å². The van der Waals surface area contributed by atoms with Crippen molar-refractivity contribution in [3.05, 3.63) is 0 Å². The molecule has 0 fully saturated rings. The lowest BCUT2D eigenvalue weighted by molar-refractivity contribution is 0.804. The summed E-state index contributed by atoms with van der Waals surface area (Å²) in [6, 6.07) is 0. The van der Waals surface area contributed by atoms with Gasteiger partial charge in [-0.05, 0) is 0 Å². The van der Waals surface area contributed by atoms with Crippen LogP contribution in [0.25, 0.3) is 0 Å². The predicted molar refractivity (Wildman–Crippen MR) is 33.8 cm³/mol. The smallest absolute Gasteiger partial charge is 0.138 e. The van der Waals surface area contributed by atoms with Crippen molar-refractivity contribution in [1.82, 2.24) is 5.43 Å². The average Bonchev–Trinajstić information content (AvgIpc) is 1.69. The molecule has 0 amide bonds. The monoisotopic (exact) mass is 116 g/mol. The first-order valence-electron chi connectivity index (χ1n) is 2.46. The molecule has 0 unspecified atom stereocenters. The van der Waals surface area contributed by atoms with E-state index in [4.69, 9.17) is 11.7 Å². The van der Waals surface area contributed by atoms with Crippen LogP contribution in [0.15, 0.2) is 5.10 Å². The van der Waals surface area contributed by atoms with Crippen molar-refractivity contribution in [2.24, 2.45) is 22.7 Å². The maximum Gasteiger partial charge on any atom is 0.138 e. The second kappa shape index (κ2) is 3.26. The van der Waals surface area contributed by atoms with E-state index in [1.807, 2.05) is 13.8 Å². The molecular formula is C4H12N4. The molecule has 8 heavy (non-hydrogen) atoms. The summed E-state index contributed by atoms with van der Waals surface area (Å²) in [5.74, 6) is 10.8. The summed E-state index contributed by atoms with van der Waals surface area (Å²) in [6.07, 6.45) is 0. The lowest BCUT2D eigenvalue weighted by atomic mass is 10.2. The van der Waals surface area contributed by atoms with Crippen LogP contribution in [0.1, 0.15) is 13.8 Å². The Morgan fingerprint density at radius 1 is 1.62 bits per heavy atom. The van der Waals surface area contributed by atoms with E-state index >= 15 is 0 Å². The van der Waals surface area contributed by atoms with E-state index in [0.29, 0.717) is 5.84 Å². The summed E-state index contributed by atoms with van der Waals surface area (Å²) in [5.41, 5.74) is 2.38. The zero-order valence-corrected chi connectivity index (χ0v) is 5.18. The first-order valence-corrected chi connectivity index (χ1v) is 2.46. The Labute approximate surface area is 48.9 Å². The van der Waals surface area contributed by atoms with Gasteiger partial charge < -0.3 is 11.3 Å². The SMILES string of the molecule is CC(C)/C(=N\N)NN. The lowest BCUT2D eigenvalue weighted by Crippen LogP contribution is -2.34. The molecule has 0 spiro atoms. The van der Waals surface area contributed by atoms with Gasteiger partial charge in [0.05, 0.1) is 0 Å². The van der Waals surface area contributed by atoms with Crippen LogP contribution >= 0.6 is 0 Å². The molecule has 0 bridgehead atoms. The van der Waals surface area contributed by atoms with Gasteiger partial charge >= 0.3 is 0 Å². The van der Waals surface area contributed by atoms with Crippen LogP contribution in [0, 0.1) is 5.92 Å². The minimum Gasteiger partial charge on any atom is -0.322 e. The standard InChI is InChI=1S/C4H12N4/c1-3(2)4(7-5)8-6/h3H,5-6H2,1-2H3,(H,7,8). The third-order valence-electron chi connectivity index (χ3n) is 0.834. The summed E-state index contributed by atoms with van der Waals surface area (Å²) >= 11 is 0. The van der Waals surface area contributed by atoms with Crippen LogP contribution in [-0.4, -0.2) is 5.84 Å². The van der Waals surface area contributed by atoms with Gasteiger partial charge in [0, 0.05) is 5.92 Å². The Balaban J connectivity index is 3.72. The number of hydrogen-bond acceptors (Lipinski definition) is 3. The van der Waals surface area contributed by atoms with E-state index in [-0.39, 0.29) is 5.92 Å². The van der Waals surface area contributed by atoms with Crippen LogP contribution in [-0.2, 0) is 0 Å². The second-order valence-corrected chi connectivity index (χ2v) is 1.81. The molecule has 0 aliphatic heterocycles. The van der Waals surface area contributed by atoms with Gasteiger partial charge in [-0.25, -0.2) is 5.84 Å². The molecule has 0 saturated carbocycles. The molecule has 0 aliphatic rings. The highest BCUT2D eigenvalue weighted by Crippen LogP contribution is 1.89. The molecule has 0 aromatic carbocycles. The minimum atomic E-state index is 0.269. The number of amidine groups is 1. The highest BCUT2D eigenvalue weighted by atomic mass is 15.3. The summed E-state index contributed by atoms with van der Waals surface area (Å²) in [4.78, 5) is 0. The maximum absolute atomic E-state index is 5.02. The lowest BCUT2D eigenvalue weighted by Gasteiger charge is -2.04. The average molecular weight is 116 g/mol. The van der Waals surface area contributed by atoms with Gasteiger partial charge in [0.25, 0.3) is 0 Å². The van der Waals surface area contributed by atoms with E-state index in [1.165, 1.54) is 0 Å². The van der Waals surface area contributed by atoms with Gasteiger partial charge in [0.1, 0.15) is 5.84 Å². The number of hydrazine groups is 1. The maximum atomic E-state index is 5.02. The van der Waals surface area contributed by atoms with Crippen LogP contribution < -0.4 is 17.1 Å². The van der Waals surface area contributed by atoms with E-state index in [1.54, 1.807) is 0 Å². The van der Waals surface area contributed by atoms with E-state index in [9.17, 15) is 0 Å². The Morgan fingerprint density at radius 2 is 2.12 bits per heavy atom. The topological polar surface area (TPSA) is 76.4 Å². The van der Waals surface area contributed by atoms with Crippen molar-refractivity contribution in [3.8, 4) is 0 Å². The molecule has 0 radical (unpaired) electrons. The highest BCUT2D eigenvalue weighted by molar-refractivity contribution is 5.82. The number of hydrazone groups is 1. The largest absolute Gasteiger partial charge is 0.322 e. The van der Waals surface area contributed by atoms with Gasteiger partial charge in [0.15, 0.2) is 0 Å². The molecule has 4 nitrogen and oxygen atoms in total. The predicted octanol–water partition coefficient (Wildman–Crippen LogP) is -0.622. The molecule has 0 aromatic heterocycles. The van der Waals surface area contributed by atoms with Crippen molar-refractivity contribution < 1.29 is 0 Å². The highest BCUT2D eigenvalue weighted by Gasteiger charge is 1.99. The van der Waals surface area contributed by atoms with E-state index < -0.39 is 0 Å². The summed E-state index contributed by atoms with van der Waals surface area (Å²) < 4.78 is 0. The Kier molecular flexibility index (Phi) is 2.95. The number of hydrogen-bond donors (Lipinski definition) is 3. The molecule has 0 atom stereocenters. The van der Waals surface area contributed by atoms with Crippen molar-refractivity contribution in [3.63, 3.8) is 0 Å². The number of nitrogens with zero attached hydrogens (tertiary/aromatic N) is 1. The molecule has 4 heteroatoms. The third kappa shape index (κ3) is 1.79. The minimum absolute atomic E-state index is 0.269. The Bertz CT molecular complexity index is 86.0. The van der Waals surface area contributed by atoms with Gasteiger partial charge in [-0.2, -0.15) is 5.10 Å². The van der Waals surface area contributed by atoms with Gasteiger partial charge in [-0.1, -0.05) is 13.8 Å². The fourth-order valence-electron chi connectivity index (χ4n) is 0.353. The third-order valence-corrected chi connectivity index (χ3v) is 0.834. The second-order valence-electron chi connectivity index (χ2n) is 1.81. The quantitative estimate of drug-likeness (QED) is 0.185. The van der Waals surface area contributed by atoms with Gasteiger partial charge in [-0.15, -0.1) is 0 Å². The molecular weight excluding hydrogens is 104 g/mol. The van der Waals surface area contributed by atoms with Crippen LogP contribution in [0.3, 0.4) is 0 Å². The number of nitrogens with one attached hydrogen (secondary N) is 1.